The highest BCUT2D eigenvalue weighted by atomic mass is 35.5. The van der Waals surface area contributed by atoms with Crippen LogP contribution in [0.15, 0.2) is 18.2 Å². The van der Waals surface area contributed by atoms with Crippen LogP contribution < -0.4 is 10.0 Å². The zero-order valence-corrected chi connectivity index (χ0v) is 17.2. The number of halogens is 1. The first-order chi connectivity index (χ1) is 12.6. The van der Waals surface area contributed by atoms with Crippen LogP contribution in [0.3, 0.4) is 0 Å². The maximum absolute atomic E-state index is 12.4. The van der Waals surface area contributed by atoms with Gasteiger partial charge in [0, 0.05) is 37.0 Å². The number of carbonyl (C=O) groups excluding carboxylic acids is 2. The van der Waals surface area contributed by atoms with Crippen LogP contribution in [0.5, 0.6) is 0 Å². The molecule has 0 radical (unpaired) electrons. The molecule has 0 bridgehead atoms. The van der Waals surface area contributed by atoms with Gasteiger partial charge in [-0.15, -0.1) is 0 Å². The minimum Gasteiger partial charge on any atom is -0.369 e. The monoisotopic (exact) mass is 415 g/mol. The molecule has 9 heteroatoms. The smallest absolute Gasteiger partial charge is 0.232 e. The van der Waals surface area contributed by atoms with Gasteiger partial charge in [0.15, 0.2) is 0 Å². The Kier molecular flexibility index (Phi) is 7.11. The largest absolute Gasteiger partial charge is 0.369 e. The first-order valence-corrected chi connectivity index (χ1v) is 11.1. The second-order valence-electron chi connectivity index (χ2n) is 6.88. The number of benzene rings is 1. The summed E-state index contributed by atoms with van der Waals surface area (Å²) in [7, 11) is -3.50. The Hall–Kier alpha value is -1.80. The number of carbonyl (C=O) groups is 2. The molecular formula is C18H26ClN3O4S. The summed E-state index contributed by atoms with van der Waals surface area (Å²) < 4.78 is 25.7. The molecule has 7 nitrogen and oxygen atoms in total. The summed E-state index contributed by atoms with van der Waals surface area (Å²) in [5.41, 5.74) is 6.52. The van der Waals surface area contributed by atoms with E-state index < -0.39 is 10.0 Å². The Morgan fingerprint density at radius 1 is 1.30 bits per heavy atom. The van der Waals surface area contributed by atoms with E-state index in [0.29, 0.717) is 48.6 Å². The van der Waals surface area contributed by atoms with Crippen molar-refractivity contribution >= 4 is 39.1 Å². The third kappa shape index (κ3) is 5.59. The van der Waals surface area contributed by atoms with E-state index in [-0.39, 0.29) is 30.7 Å². The van der Waals surface area contributed by atoms with E-state index in [1.54, 1.807) is 30.0 Å². The Balaban J connectivity index is 1.96. The van der Waals surface area contributed by atoms with Gasteiger partial charge >= 0.3 is 0 Å². The minimum absolute atomic E-state index is 0.0332. The average Bonchev–Trinajstić information content (AvgIpc) is 2.60. The van der Waals surface area contributed by atoms with Crippen LogP contribution in [0, 0.1) is 12.8 Å². The summed E-state index contributed by atoms with van der Waals surface area (Å²) in [6.07, 6.45) is 2.95. The maximum Gasteiger partial charge on any atom is 0.232 e. The van der Waals surface area contributed by atoms with E-state index in [4.69, 9.17) is 17.3 Å². The lowest BCUT2D eigenvalue weighted by Gasteiger charge is -2.31. The number of hydrogen-bond acceptors (Lipinski definition) is 4. The summed E-state index contributed by atoms with van der Waals surface area (Å²) >= 11 is 6.11. The number of rotatable bonds is 7. The van der Waals surface area contributed by atoms with E-state index in [0.717, 1.165) is 6.26 Å². The molecule has 2 rings (SSSR count). The van der Waals surface area contributed by atoms with Crippen molar-refractivity contribution in [3.05, 3.63) is 28.8 Å². The van der Waals surface area contributed by atoms with Crippen molar-refractivity contribution in [2.75, 3.05) is 30.2 Å². The Labute approximate surface area is 165 Å². The van der Waals surface area contributed by atoms with E-state index in [2.05, 4.69) is 0 Å². The topological polar surface area (TPSA) is 101 Å². The fourth-order valence-electron chi connectivity index (χ4n) is 3.28. The molecule has 1 aliphatic rings. The predicted octanol–water partition coefficient (Wildman–Crippen LogP) is 1.92. The van der Waals surface area contributed by atoms with Crippen molar-refractivity contribution < 1.29 is 18.0 Å². The van der Waals surface area contributed by atoms with Gasteiger partial charge in [0.05, 0.1) is 11.9 Å². The van der Waals surface area contributed by atoms with E-state index in [1.807, 2.05) is 0 Å². The molecule has 27 heavy (non-hydrogen) atoms. The summed E-state index contributed by atoms with van der Waals surface area (Å²) in [5.74, 6) is -0.516. The van der Waals surface area contributed by atoms with E-state index in [9.17, 15) is 18.0 Å². The van der Waals surface area contributed by atoms with Gasteiger partial charge in [0.25, 0.3) is 0 Å². The van der Waals surface area contributed by atoms with Crippen LogP contribution in [0.4, 0.5) is 5.69 Å². The first-order valence-electron chi connectivity index (χ1n) is 8.91. The van der Waals surface area contributed by atoms with Crippen LogP contribution in [0.1, 0.15) is 31.2 Å². The Morgan fingerprint density at radius 2 is 1.93 bits per heavy atom. The fourth-order valence-corrected chi connectivity index (χ4v) is 4.46. The number of nitrogens with two attached hydrogens (primary N) is 1. The molecule has 0 unspecified atom stereocenters. The van der Waals surface area contributed by atoms with Crippen molar-refractivity contribution in [1.29, 1.82) is 0 Å². The summed E-state index contributed by atoms with van der Waals surface area (Å²) in [6, 6.07) is 5.12. The van der Waals surface area contributed by atoms with Gasteiger partial charge in [-0.25, -0.2) is 8.42 Å². The van der Waals surface area contributed by atoms with Crippen molar-refractivity contribution in [2.24, 2.45) is 11.7 Å². The van der Waals surface area contributed by atoms with Gasteiger partial charge in [-0.2, -0.15) is 0 Å². The number of nitrogens with zero attached hydrogens (tertiary/aromatic N) is 2. The number of piperidine rings is 1. The molecule has 0 saturated carbocycles. The van der Waals surface area contributed by atoms with Gasteiger partial charge in [-0.05, 0) is 43.9 Å². The maximum atomic E-state index is 12.4. The van der Waals surface area contributed by atoms with Crippen LogP contribution in [-0.2, 0) is 19.6 Å². The Morgan fingerprint density at radius 3 is 2.48 bits per heavy atom. The summed E-state index contributed by atoms with van der Waals surface area (Å²) in [5, 5.41) is 0.495. The number of likely N-dealkylation sites (tertiary alicyclic amines) is 1. The van der Waals surface area contributed by atoms with Gasteiger partial charge in [0.2, 0.25) is 21.8 Å². The number of hydrogen-bond donors (Lipinski definition) is 1. The SMILES string of the molecule is Cc1c(Cl)cccc1N(CCCC(=O)N1CCC(C(N)=O)CC1)S(C)(=O)=O. The van der Waals surface area contributed by atoms with Crippen LogP contribution >= 0.6 is 11.6 Å². The predicted molar refractivity (Wildman–Crippen MR) is 106 cm³/mol. The molecule has 0 atom stereocenters. The highest BCUT2D eigenvalue weighted by molar-refractivity contribution is 7.92. The standard InChI is InChI=1S/C18H26ClN3O4S/c1-13-15(19)5-3-6-16(13)22(27(2,25)26)10-4-7-17(23)21-11-8-14(9-12-21)18(20)24/h3,5-6,14H,4,7-12H2,1-2H3,(H2,20,24). The molecule has 0 spiro atoms. The summed E-state index contributed by atoms with van der Waals surface area (Å²) in [6.45, 7) is 2.98. The molecule has 150 valence electrons. The Bertz CT molecular complexity index is 805. The van der Waals surface area contributed by atoms with Gasteiger partial charge in [-0.1, -0.05) is 17.7 Å². The zero-order chi connectivity index (χ0) is 20.2. The van der Waals surface area contributed by atoms with E-state index in [1.165, 1.54) is 4.31 Å². The number of primary amides is 1. The quantitative estimate of drug-likeness (QED) is 0.734. The van der Waals surface area contributed by atoms with Crippen LogP contribution in [0.2, 0.25) is 5.02 Å². The van der Waals surface area contributed by atoms with Crippen molar-refractivity contribution in [3.8, 4) is 0 Å². The second-order valence-corrected chi connectivity index (χ2v) is 9.19. The molecule has 2 amide bonds. The normalized spacial score (nSPS) is 15.6. The fraction of sp³-hybridized carbons (Fsp3) is 0.556. The van der Waals surface area contributed by atoms with Gasteiger partial charge < -0.3 is 10.6 Å². The minimum atomic E-state index is -3.50. The molecule has 1 aromatic rings. The summed E-state index contributed by atoms with van der Waals surface area (Å²) in [4.78, 5) is 25.3. The third-order valence-corrected chi connectivity index (χ3v) is 6.50. The molecule has 1 heterocycles. The van der Waals surface area contributed by atoms with Crippen molar-refractivity contribution in [3.63, 3.8) is 0 Å². The molecule has 1 saturated heterocycles. The zero-order valence-electron chi connectivity index (χ0n) is 15.7. The van der Waals surface area contributed by atoms with E-state index >= 15 is 0 Å². The van der Waals surface area contributed by atoms with Gasteiger partial charge in [-0.3, -0.25) is 13.9 Å². The van der Waals surface area contributed by atoms with Crippen molar-refractivity contribution in [2.45, 2.75) is 32.6 Å². The number of sulfonamides is 1. The molecule has 1 aliphatic heterocycles. The highest BCUT2D eigenvalue weighted by Crippen LogP contribution is 2.28. The molecule has 1 aromatic carbocycles. The second kappa shape index (κ2) is 8.93. The van der Waals surface area contributed by atoms with Crippen LogP contribution in [0.25, 0.3) is 0 Å². The molecule has 1 fully saturated rings. The molecule has 0 aliphatic carbocycles. The number of anilines is 1. The lowest BCUT2D eigenvalue weighted by molar-refractivity contribution is -0.134. The third-order valence-electron chi connectivity index (χ3n) is 4.91. The molecular weight excluding hydrogens is 390 g/mol. The number of amides is 2. The molecule has 0 aromatic heterocycles. The molecule has 2 N–H and O–H groups in total. The van der Waals surface area contributed by atoms with Gasteiger partial charge in [0.1, 0.15) is 0 Å². The lowest BCUT2D eigenvalue weighted by atomic mass is 9.96. The highest BCUT2D eigenvalue weighted by Gasteiger charge is 2.26. The lowest BCUT2D eigenvalue weighted by Crippen LogP contribution is -2.42. The van der Waals surface area contributed by atoms with Crippen LogP contribution in [-0.4, -0.2) is 51.0 Å². The first kappa shape index (κ1) is 21.5. The van der Waals surface area contributed by atoms with Crippen molar-refractivity contribution in [1.82, 2.24) is 4.90 Å². The average molecular weight is 416 g/mol.